The third kappa shape index (κ3) is 4.07. The summed E-state index contributed by atoms with van der Waals surface area (Å²) in [6, 6.07) is 10.9. The molecule has 2 aromatic carbocycles. The highest BCUT2D eigenvalue weighted by Gasteiger charge is 2.14. The van der Waals surface area contributed by atoms with Crippen LogP contribution in [0, 0.1) is 6.92 Å². The van der Waals surface area contributed by atoms with Crippen molar-refractivity contribution in [2.75, 3.05) is 27.9 Å². The van der Waals surface area contributed by atoms with Crippen molar-refractivity contribution >= 4 is 0 Å². The van der Waals surface area contributed by atoms with Crippen LogP contribution in [0.25, 0.3) is 0 Å². The maximum atomic E-state index is 10.3. The van der Waals surface area contributed by atoms with Gasteiger partial charge in [0.25, 0.3) is 0 Å². The molecule has 1 atom stereocenters. The van der Waals surface area contributed by atoms with Crippen LogP contribution >= 0.6 is 0 Å². The fourth-order valence-electron chi connectivity index (χ4n) is 2.22. The van der Waals surface area contributed by atoms with Crippen LogP contribution in [0.15, 0.2) is 36.4 Å². The molecular formula is C18H22O5. The van der Waals surface area contributed by atoms with Crippen molar-refractivity contribution in [3.8, 4) is 23.0 Å². The lowest BCUT2D eigenvalue weighted by Gasteiger charge is -2.16. The average Bonchev–Trinajstić information content (AvgIpc) is 2.59. The monoisotopic (exact) mass is 318 g/mol. The van der Waals surface area contributed by atoms with Crippen LogP contribution in [0.5, 0.6) is 23.0 Å². The zero-order chi connectivity index (χ0) is 16.8. The van der Waals surface area contributed by atoms with E-state index in [1.807, 2.05) is 25.1 Å². The molecule has 2 aromatic rings. The van der Waals surface area contributed by atoms with E-state index in [1.165, 1.54) is 0 Å². The normalized spacial score (nSPS) is 11.7. The van der Waals surface area contributed by atoms with E-state index in [9.17, 15) is 5.11 Å². The summed E-state index contributed by atoms with van der Waals surface area (Å²) in [6.45, 7) is 2.08. The number of hydrogen-bond acceptors (Lipinski definition) is 5. The molecule has 5 nitrogen and oxygen atoms in total. The lowest BCUT2D eigenvalue weighted by molar-refractivity contribution is 0.106. The first kappa shape index (κ1) is 17.0. The Labute approximate surface area is 136 Å². The molecule has 0 saturated heterocycles. The first-order chi connectivity index (χ1) is 11.1. The minimum absolute atomic E-state index is 0.106. The van der Waals surface area contributed by atoms with Gasteiger partial charge in [0, 0.05) is 0 Å². The molecule has 0 radical (unpaired) electrons. The quantitative estimate of drug-likeness (QED) is 0.850. The Morgan fingerprint density at radius 3 is 2.09 bits per heavy atom. The van der Waals surface area contributed by atoms with E-state index in [0.29, 0.717) is 28.6 Å². The van der Waals surface area contributed by atoms with Crippen LogP contribution in [0.1, 0.15) is 17.2 Å². The largest absolute Gasteiger partial charge is 0.493 e. The van der Waals surface area contributed by atoms with Crippen molar-refractivity contribution in [1.29, 1.82) is 0 Å². The highest BCUT2D eigenvalue weighted by Crippen LogP contribution is 2.32. The smallest absolute Gasteiger partial charge is 0.161 e. The predicted octanol–water partition coefficient (Wildman–Crippen LogP) is 3.13. The summed E-state index contributed by atoms with van der Waals surface area (Å²) in [6.07, 6.45) is -0.791. The zero-order valence-corrected chi connectivity index (χ0v) is 13.8. The second-order valence-corrected chi connectivity index (χ2v) is 5.10. The van der Waals surface area contributed by atoms with Crippen molar-refractivity contribution < 1.29 is 24.1 Å². The van der Waals surface area contributed by atoms with Gasteiger partial charge in [-0.2, -0.15) is 0 Å². The molecule has 1 unspecified atom stereocenters. The molecule has 0 spiro atoms. The van der Waals surface area contributed by atoms with Gasteiger partial charge in [0.1, 0.15) is 12.7 Å². The molecule has 0 bridgehead atoms. The van der Waals surface area contributed by atoms with Crippen LogP contribution in [-0.2, 0) is 0 Å². The highest BCUT2D eigenvalue weighted by atomic mass is 16.5. The maximum absolute atomic E-state index is 10.3. The van der Waals surface area contributed by atoms with Gasteiger partial charge >= 0.3 is 0 Å². The standard InChI is InChI=1S/C18H22O5/c1-12-5-7-16(17(9-12)21-3)23-11-14(19)13-6-8-15(20-2)18(10-13)22-4/h5-10,14,19H,11H2,1-4H3. The molecule has 23 heavy (non-hydrogen) atoms. The molecule has 0 aliphatic heterocycles. The van der Waals surface area contributed by atoms with E-state index < -0.39 is 6.10 Å². The molecule has 0 amide bonds. The number of hydrogen-bond donors (Lipinski definition) is 1. The number of methoxy groups -OCH3 is 3. The van der Waals surface area contributed by atoms with Crippen LogP contribution in [0.3, 0.4) is 0 Å². The summed E-state index contributed by atoms with van der Waals surface area (Å²) >= 11 is 0. The Bertz CT molecular complexity index is 654. The van der Waals surface area contributed by atoms with E-state index >= 15 is 0 Å². The van der Waals surface area contributed by atoms with E-state index in [2.05, 4.69) is 0 Å². The summed E-state index contributed by atoms with van der Waals surface area (Å²) in [5.74, 6) is 2.42. The number of aliphatic hydroxyl groups is 1. The Balaban J connectivity index is 2.09. The number of aliphatic hydroxyl groups excluding tert-OH is 1. The molecule has 5 heteroatoms. The van der Waals surface area contributed by atoms with Crippen molar-refractivity contribution in [1.82, 2.24) is 0 Å². The van der Waals surface area contributed by atoms with Gasteiger partial charge in [-0.1, -0.05) is 12.1 Å². The molecule has 0 aromatic heterocycles. The van der Waals surface area contributed by atoms with Gasteiger partial charge in [-0.15, -0.1) is 0 Å². The van der Waals surface area contributed by atoms with Crippen LogP contribution in [0.4, 0.5) is 0 Å². The zero-order valence-electron chi connectivity index (χ0n) is 13.8. The minimum atomic E-state index is -0.791. The SMILES string of the molecule is COc1ccc(C(O)COc2ccc(C)cc2OC)cc1OC. The molecule has 1 N–H and O–H groups in total. The van der Waals surface area contributed by atoms with Crippen molar-refractivity contribution in [3.05, 3.63) is 47.5 Å². The maximum Gasteiger partial charge on any atom is 0.161 e. The van der Waals surface area contributed by atoms with E-state index in [-0.39, 0.29) is 6.61 Å². The van der Waals surface area contributed by atoms with Gasteiger partial charge in [0.05, 0.1) is 21.3 Å². The lowest BCUT2D eigenvalue weighted by atomic mass is 10.1. The number of benzene rings is 2. The van der Waals surface area contributed by atoms with Crippen molar-refractivity contribution in [2.24, 2.45) is 0 Å². The summed E-state index contributed by atoms with van der Waals surface area (Å²) in [7, 11) is 4.72. The van der Waals surface area contributed by atoms with E-state index in [0.717, 1.165) is 5.56 Å². The molecule has 0 heterocycles. The highest BCUT2D eigenvalue weighted by molar-refractivity contribution is 5.44. The van der Waals surface area contributed by atoms with Gasteiger partial charge in [-0.25, -0.2) is 0 Å². The van der Waals surface area contributed by atoms with Crippen LogP contribution < -0.4 is 18.9 Å². The summed E-state index contributed by atoms with van der Waals surface area (Å²) in [5.41, 5.74) is 1.77. The first-order valence-corrected chi connectivity index (χ1v) is 7.26. The molecule has 0 aliphatic rings. The molecule has 0 fully saturated rings. The van der Waals surface area contributed by atoms with Gasteiger partial charge in [-0.05, 0) is 42.3 Å². The molecular weight excluding hydrogens is 296 g/mol. The summed E-state index contributed by atoms with van der Waals surface area (Å²) in [5, 5.41) is 10.3. The number of ether oxygens (including phenoxy) is 4. The predicted molar refractivity (Wildman–Crippen MR) is 87.7 cm³/mol. The Morgan fingerprint density at radius 1 is 0.826 bits per heavy atom. The van der Waals surface area contributed by atoms with Gasteiger partial charge in [-0.3, -0.25) is 0 Å². The fraction of sp³-hybridized carbons (Fsp3) is 0.333. The van der Waals surface area contributed by atoms with Crippen LogP contribution in [0.2, 0.25) is 0 Å². The Kier molecular flexibility index (Phi) is 5.71. The molecule has 2 rings (SSSR count). The Hall–Kier alpha value is -2.40. The van der Waals surface area contributed by atoms with Gasteiger partial charge in [0.2, 0.25) is 0 Å². The fourth-order valence-corrected chi connectivity index (χ4v) is 2.22. The lowest BCUT2D eigenvalue weighted by Crippen LogP contribution is -2.10. The average molecular weight is 318 g/mol. The van der Waals surface area contributed by atoms with Crippen LogP contribution in [-0.4, -0.2) is 33.0 Å². The topological polar surface area (TPSA) is 57.2 Å². The van der Waals surface area contributed by atoms with Gasteiger partial charge in [0.15, 0.2) is 23.0 Å². The molecule has 0 aliphatic carbocycles. The second kappa shape index (κ2) is 7.74. The second-order valence-electron chi connectivity index (χ2n) is 5.10. The number of aryl methyl sites for hydroxylation is 1. The number of rotatable bonds is 7. The molecule has 0 saturated carbocycles. The van der Waals surface area contributed by atoms with Gasteiger partial charge < -0.3 is 24.1 Å². The van der Waals surface area contributed by atoms with Crippen molar-refractivity contribution in [3.63, 3.8) is 0 Å². The van der Waals surface area contributed by atoms with E-state index in [4.69, 9.17) is 18.9 Å². The Morgan fingerprint density at radius 2 is 1.43 bits per heavy atom. The van der Waals surface area contributed by atoms with Crippen molar-refractivity contribution in [2.45, 2.75) is 13.0 Å². The third-order valence-electron chi connectivity index (χ3n) is 3.51. The summed E-state index contributed by atoms with van der Waals surface area (Å²) in [4.78, 5) is 0. The third-order valence-corrected chi connectivity index (χ3v) is 3.51. The van der Waals surface area contributed by atoms with E-state index in [1.54, 1.807) is 39.5 Å². The molecule has 124 valence electrons. The minimum Gasteiger partial charge on any atom is -0.493 e. The summed E-state index contributed by atoms with van der Waals surface area (Å²) < 4.78 is 21.4. The first-order valence-electron chi connectivity index (χ1n) is 7.26.